The van der Waals surface area contributed by atoms with E-state index in [0.717, 1.165) is 0 Å². The van der Waals surface area contributed by atoms with Crippen LogP contribution in [0.5, 0.6) is 0 Å². The van der Waals surface area contributed by atoms with Gasteiger partial charge < -0.3 is 24.0 Å². The molecule has 0 aliphatic rings. The van der Waals surface area contributed by atoms with Crippen molar-refractivity contribution in [3.05, 3.63) is 0 Å². The predicted octanol–water partition coefficient (Wildman–Crippen LogP) is -8.08. The first kappa shape index (κ1) is 18.4. The minimum atomic E-state index is -5.10. The van der Waals surface area contributed by atoms with Gasteiger partial charge in [-0.3, -0.25) is 0 Å². The fourth-order valence-corrected chi connectivity index (χ4v) is 0.403. The summed E-state index contributed by atoms with van der Waals surface area (Å²) in [5.41, 5.74) is 0. The van der Waals surface area contributed by atoms with Crippen molar-refractivity contribution in [3.63, 3.8) is 0 Å². The third-order valence-electron chi connectivity index (χ3n) is 0.346. The molecule has 0 aliphatic carbocycles. The van der Waals surface area contributed by atoms with Crippen LogP contribution in [0.25, 0.3) is 0 Å². The van der Waals surface area contributed by atoms with E-state index < -0.39 is 20.4 Å². The number of rotatable bonds is 3. The molecule has 54 valence electrons. The summed E-state index contributed by atoms with van der Waals surface area (Å²) in [4.78, 5) is 28.6. The van der Waals surface area contributed by atoms with Crippen molar-refractivity contribution in [1.82, 2.24) is 0 Å². The van der Waals surface area contributed by atoms with Crippen LogP contribution < -0.4 is 68.9 Å². The second kappa shape index (κ2) is 8.19. The van der Waals surface area contributed by atoms with Gasteiger partial charge in [0.2, 0.25) is 0 Å². The molecule has 0 amide bonds. The van der Waals surface area contributed by atoms with Gasteiger partial charge in [0, 0.05) is 0 Å². The first-order chi connectivity index (χ1) is 3.92. The SMILES string of the molecule is O=C(O)COP(=O)([O-])[O-].[Na+].[Na+]. The molecule has 0 heterocycles. The maximum absolute atomic E-state index is 9.52. The quantitative estimate of drug-likeness (QED) is 0.357. The van der Waals surface area contributed by atoms with Gasteiger partial charge in [-0.1, -0.05) is 0 Å². The molecule has 6 nitrogen and oxygen atoms in total. The second-order valence-electron chi connectivity index (χ2n) is 1.11. The molecule has 0 fully saturated rings. The van der Waals surface area contributed by atoms with E-state index in [-0.39, 0.29) is 59.1 Å². The number of phosphoric ester groups is 1. The van der Waals surface area contributed by atoms with E-state index in [2.05, 4.69) is 4.52 Å². The van der Waals surface area contributed by atoms with E-state index in [0.29, 0.717) is 0 Å². The standard InChI is InChI=1S/C2H5O6P.2Na/c3-2(4)1-8-9(5,6)7;;/h1H2,(H,3,4)(H2,5,6,7);;/q;2*+1/p-2. The number of hydrogen-bond donors (Lipinski definition) is 1. The van der Waals surface area contributed by atoms with Gasteiger partial charge in [0.05, 0.1) is 7.82 Å². The van der Waals surface area contributed by atoms with Crippen LogP contribution in [-0.4, -0.2) is 17.7 Å². The molecule has 0 unspecified atom stereocenters. The summed E-state index contributed by atoms with van der Waals surface area (Å²) in [5, 5.41) is 7.75. The van der Waals surface area contributed by atoms with E-state index >= 15 is 0 Å². The second-order valence-corrected chi connectivity index (χ2v) is 2.27. The summed E-state index contributed by atoms with van der Waals surface area (Å²) in [5.74, 6) is -1.50. The van der Waals surface area contributed by atoms with Crippen LogP contribution in [0.1, 0.15) is 0 Å². The maximum Gasteiger partial charge on any atom is 1.00 e. The van der Waals surface area contributed by atoms with E-state index in [1.54, 1.807) is 0 Å². The predicted molar refractivity (Wildman–Crippen MR) is 21.2 cm³/mol. The van der Waals surface area contributed by atoms with Crippen LogP contribution in [0.4, 0.5) is 0 Å². The zero-order chi connectivity index (χ0) is 7.49. The average molecular weight is 200 g/mol. The molecule has 1 N–H and O–H groups in total. The van der Waals surface area contributed by atoms with Crippen LogP contribution in [-0.2, 0) is 13.9 Å². The summed E-state index contributed by atoms with van der Waals surface area (Å²) in [6.45, 7) is -1.11. The van der Waals surface area contributed by atoms with Gasteiger partial charge in [0.1, 0.15) is 6.61 Å². The molecular weight excluding hydrogens is 197 g/mol. The number of carboxylic acids is 1. The van der Waals surface area contributed by atoms with Gasteiger partial charge in [-0.25, -0.2) is 4.79 Å². The summed E-state index contributed by atoms with van der Waals surface area (Å²) < 4.78 is 12.9. The third kappa shape index (κ3) is 18.5. The van der Waals surface area contributed by atoms with E-state index in [1.807, 2.05) is 0 Å². The van der Waals surface area contributed by atoms with E-state index in [4.69, 9.17) is 5.11 Å². The van der Waals surface area contributed by atoms with Crippen molar-refractivity contribution in [3.8, 4) is 0 Å². The molecule has 11 heavy (non-hydrogen) atoms. The number of phosphoric acid groups is 1. The fraction of sp³-hybridized carbons (Fsp3) is 0.500. The van der Waals surface area contributed by atoms with Gasteiger partial charge >= 0.3 is 65.1 Å². The van der Waals surface area contributed by atoms with Crippen molar-refractivity contribution in [2.75, 3.05) is 6.61 Å². The Morgan fingerprint density at radius 3 is 1.91 bits per heavy atom. The Hall–Kier alpha value is 1.58. The summed E-state index contributed by atoms with van der Waals surface area (Å²) >= 11 is 0. The van der Waals surface area contributed by atoms with Gasteiger partial charge in [-0.2, -0.15) is 0 Å². The van der Waals surface area contributed by atoms with Crippen LogP contribution in [0.2, 0.25) is 0 Å². The fourth-order valence-electron chi connectivity index (χ4n) is 0.134. The summed E-state index contributed by atoms with van der Waals surface area (Å²) in [6.07, 6.45) is 0. The molecule has 0 radical (unpaired) electrons. The van der Waals surface area contributed by atoms with Crippen LogP contribution >= 0.6 is 7.82 Å². The van der Waals surface area contributed by atoms with Crippen molar-refractivity contribution >= 4 is 13.8 Å². The van der Waals surface area contributed by atoms with Crippen molar-refractivity contribution in [1.29, 1.82) is 0 Å². The number of hydrogen-bond acceptors (Lipinski definition) is 5. The Morgan fingerprint density at radius 1 is 1.45 bits per heavy atom. The Labute approximate surface area is 107 Å². The third-order valence-corrected chi connectivity index (χ3v) is 0.791. The van der Waals surface area contributed by atoms with Crippen molar-refractivity contribution in [2.24, 2.45) is 0 Å². The number of aliphatic carboxylic acids is 1. The van der Waals surface area contributed by atoms with Crippen molar-refractivity contribution in [2.45, 2.75) is 0 Å². The molecule has 9 heteroatoms. The van der Waals surface area contributed by atoms with Crippen LogP contribution in [0.15, 0.2) is 0 Å². The molecule has 0 aromatic rings. The summed E-state index contributed by atoms with van der Waals surface area (Å²) in [6, 6.07) is 0. The van der Waals surface area contributed by atoms with Crippen LogP contribution in [0.3, 0.4) is 0 Å². The Balaban J connectivity index is -0.000000320. The number of carboxylic acid groups (broad SMARTS) is 1. The van der Waals surface area contributed by atoms with Gasteiger partial charge in [0.15, 0.2) is 0 Å². The topological polar surface area (TPSA) is 110 Å². The monoisotopic (exact) mass is 200 g/mol. The zero-order valence-corrected chi connectivity index (χ0v) is 11.0. The zero-order valence-electron chi connectivity index (χ0n) is 6.14. The molecule has 0 saturated heterocycles. The van der Waals surface area contributed by atoms with E-state index in [9.17, 15) is 19.1 Å². The van der Waals surface area contributed by atoms with Gasteiger partial charge in [-0.05, 0) is 0 Å². The first-order valence-electron chi connectivity index (χ1n) is 1.80. The Bertz CT molecular complexity index is 153. The normalized spacial score (nSPS) is 9.27. The molecule has 0 atom stereocenters. The minimum Gasteiger partial charge on any atom is -0.790 e. The van der Waals surface area contributed by atoms with Crippen molar-refractivity contribution < 1.29 is 87.9 Å². The largest absolute Gasteiger partial charge is 1.00 e. The molecule has 0 aliphatic heterocycles. The molecule has 0 aromatic carbocycles. The molecule has 0 spiro atoms. The Morgan fingerprint density at radius 2 is 1.82 bits per heavy atom. The summed E-state index contributed by atoms with van der Waals surface area (Å²) in [7, 11) is -5.10. The Kier molecular flexibility index (Phi) is 13.7. The van der Waals surface area contributed by atoms with E-state index in [1.165, 1.54) is 0 Å². The molecule has 0 rings (SSSR count). The van der Waals surface area contributed by atoms with Gasteiger partial charge in [0.25, 0.3) is 0 Å². The first-order valence-corrected chi connectivity index (χ1v) is 3.26. The molecule has 0 bridgehead atoms. The smallest absolute Gasteiger partial charge is 0.790 e. The molecule has 0 saturated carbocycles. The van der Waals surface area contributed by atoms with Gasteiger partial charge in [-0.15, -0.1) is 0 Å². The maximum atomic E-state index is 9.52. The molecule has 0 aromatic heterocycles. The van der Waals surface area contributed by atoms with Crippen LogP contribution in [0, 0.1) is 0 Å². The average Bonchev–Trinajstić information content (AvgIpc) is 1.59. The number of carbonyl (C=O) groups is 1. The minimum absolute atomic E-state index is 0. The molecular formula is C2H3Na2O6P.